The minimum absolute atomic E-state index is 0.0333. The molecular formula is C17H20N4O6S. The minimum atomic E-state index is -3.79. The van der Waals surface area contributed by atoms with Crippen molar-refractivity contribution in [2.45, 2.75) is 24.9 Å². The van der Waals surface area contributed by atoms with E-state index in [1.54, 1.807) is 42.8 Å². The van der Waals surface area contributed by atoms with Gasteiger partial charge in [0.2, 0.25) is 0 Å². The minimum Gasteiger partial charge on any atom is -0.464 e. The van der Waals surface area contributed by atoms with Crippen molar-refractivity contribution in [3.63, 3.8) is 0 Å². The third-order valence-corrected chi connectivity index (χ3v) is 5.47. The predicted molar refractivity (Wildman–Crippen MR) is 99.2 cm³/mol. The Bertz CT molecular complexity index is 1140. The van der Waals surface area contributed by atoms with Crippen LogP contribution in [0.2, 0.25) is 0 Å². The quantitative estimate of drug-likeness (QED) is 0.540. The number of hydrogen-bond acceptors (Lipinski definition) is 7. The molecule has 10 nitrogen and oxygen atoms in total. The Hall–Kier alpha value is -2.92. The molecule has 3 aromatic rings. The molecule has 11 heteroatoms. The van der Waals surface area contributed by atoms with Crippen molar-refractivity contribution < 1.29 is 22.4 Å². The number of carbonyl (C=O) groups is 1. The molecule has 0 radical (unpaired) electrons. The molecule has 2 aromatic heterocycles. The first kappa shape index (κ1) is 19.8. The lowest BCUT2D eigenvalue weighted by molar-refractivity contribution is -0.143. The molecular weight excluding hydrogens is 388 g/mol. The number of aryl methyl sites for hydroxylation is 2. The highest BCUT2D eigenvalue weighted by atomic mass is 32.2. The van der Waals surface area contributed by atoms with Gasteiger partial charge in [-0.25, -0.2) is 22.9 Å². The molecule has 2 heterocycles. The van der Waals surface area contributed by atoms with Crippen molar-refractivity contribution >= 4 is 27.1 Å². The Kier molecular flexibility index (Phi) is 5.66. The number of esters is 1. The fourth-order valence-corrected chi connectivity index (χ4v) is 3.63. The van der Waals surface area contributed by atoms with Crippen LogP contribution in [0.1, 0.15) is 12.2 Å². The van der Waals surface area contributed by atoms with E-state index in [2.05, 4.69) is 9.71 Å². The van der Waals surface area contributed by atoms with Crippen LogP contribution in [0.4, 0.5) is 0 Å². The number of benzene rings is 1. The summed E-state index contributed by atoms with van der Waals surface area (Å²) in [7, 11) is -2.10. The number of sulfonamides is 1. The van der Waals surface area contributed by atoms with Crippen LogP contribution in [-0.4, -0.2) is 41.7 Å². The molecule has 0 aliphatic heterocycles. The molecule has 0 bridgehead atoms. The molecule has 28 heavy (non-hydrogen) atoms. The van der Waals surface area contributed by atoms with E-state index >= 15 is 0 Å². The lowest BCUT2D eigenvalue weighted by Gasteiger charge is -2.06. The van der Waals surface area contributed by atoms with Gasteiger partial charge in [0.25, 0.3) is 10.0 Å². The molecule has 0 unspecified atom stereocenters. The first-order chi connectivity index (χ1) is 13.3. The van der Waals surface area contributed by atoms with E-state index in [4.69, 9.17) is 9.15 Å². The molecule has 1 N–H and O–H groups in total. The Morgan fingerprint density at radius 2 is 2.07 bits per heavy atom. The van der Waals surface area contributed by atoms with E-state index in [-0.39, 0.29) is 31.1 Å². The molecule has 0 saturated heterocycles. The fourth-order valence-electron chi connectivity index (χ4n) is 2.57. The Morgan fingerprint density at radius 1 is 1.32 bits per heavy atom. The molecule has 0 fully saturated rings. The summed E-state index contributed by atoms with van der Waals surface area (Å²) in [6, 6.07) is 6.93. The number of carbonyl (C=O) groups excluding carboxylic acids is 1. The van der Waals surface area contributed by atoms with Crippen molar-refractivity contribution in [1.82, 2.24) is 18.8 Å². The van der Waals surface area contributed by atoms with E-state index in [1.165, 1.54) is 10.8 Å². The molecule has 0 amide bonds. The van der Waals surface area contributed by atoms with Gasteiger partial charge in [0.1, 0.15) is 12.4 Å². The number of oxazole rings is 1. The molecule has 0 aliphatic rings. The average molecular weight is 408 g/mol. The summed E-state index contributed by atoms with van der Waals surface area (Å²) < 4.78 is 39.7. The molecule has 0 atom stereocenters. The molecule has 0 spiro atoms. The zero-order valence-electron chi connectivity index (χ0n) is 15.4. The number of rotatable bonds is 8. The number of hydrogen-bond donors (Lipinski definition) is 1. The van der Waals surface area contributed by atoms with E-state index < -0.39 is 21.7 Å². The number of aromatic nitrogens is 3. The van der Waals surface area contributed by atoms with Crippen LogP contribution in [0.5, 0.6) is 0 Å². The maximum Gasteiger partial charge on any atom is 0.420 e. The van der Waals surface area contributed by atoms with E-state index in [9.17, 15) is 18.0 Å². The summed E-state index contributed by atoms with van der Waals surface area (Å²) in [6.45, 7) is 1.67. The second-order valence-corrected chi connectivity index (χ2v) is 7.81. The molecule has 0 saturated carbocycles. The van der Waals surface area contributed by atoms with Crippen LogP contribution in [0.25, 0.3) is 11.1 Å². The van der Waals surface area contributed by atoms with Crippen LogP contribution in [-0.2, 0) is 33.1 Å². The highest BCUT2D eigenvalue weighted by Crippen LogP contribution is 2.11. The topological polar surface area (TPSA) is 125 Å². The standard InChI is InChI=1S/C17H20N4O6S/c1-12-19-15(11-20(12)2)28(24,25)18-8-7-16(22)26-10-9-21-13-5-3-4-6-14(13)27-17(21)23/h3-6,11,18H,7-10H2,1-2H3. The summed E-state index contributed by atoms with van der Waals surface area (Å²) in [5, 5.41) is -0.105. The summed E-state index contributed by atoms with van der Waals surface area (Å²) in [5.74, 6) is -0.557. The third kappa shape index (κ3) is 4.31. The Balaban J connectivity index is 1.47. The molecule has 150 valence electrons. The van der Waals surface area contributed by atoms with Crippen LogP contribution in [0.3, 0.4) is 0 Å². The predicted octanol–water partition coefficient (Wildman–Crippen LogP) is 0.548. The summed E-state index contributed by atoms with van der Waals surface area (Å²) in [6.07, 6.45) is 1.25. The number of imidazole rings is 1. The monoisotopic (exact) mass is 408 g/mol. The number of ether oxygens (including phenoxy) is 1. The highest BCUT2D eigenvalue weighted by molar-refractivity contribution is 7.89. The van der Waals surface area contributed by atoms with Gasteiger partial charge in [0.15, 0.2) is 10.6 Å². The number of nitrogens with one attached hydrogen (secondary N) is 1. The first-order valence-electron chi connectivity index (χ1n) is 8.51. The van der Waals surface area contributed by atoms with Crippen molar-refractivity contribution in [1.29, 1.82) is 0 Å². The second-order valence-electron chi connectivity index (χ2n) is 6.09. The zero-order chi connectivity index (χ0) is 20.3. The van der Waals surface area contributed by atoms with Gasteiger partial charge in [-0.3, -0.25) is 9.36 Å². The molecule has 0 aliphatic carbocycles. The smallest absolute Gasteiger partial charge is 0.420 e. The molecule has 1 aromatic carbocycles. The van der Waals surface area contributed by atoms with Crippen LogP contribution < -0.4 is 10.5 Å². The van der Waals surface area contributed by atoms with Gasteiger partial charge in [-0.15, -0.1) is 0 Å². The lowest BCUT2D eigenvalue weighted by atomic mass is 10.3. The van der Waals surface area contributed by atoms with Gasteiger partial charge in [-0.1, -0.05) is 12.1 Å². The van der Waals surface area contributed by atoms with E-state index in [1.807, 2.05) is 0 Å². The number of nitrogens with zero attached hydrogens (tertiary/aromatic N) is 3. The van der Waals surface area contributed by atoms with Crippen LogP contribution in [0.15, 0.2) is 44.7 Å². The Morgan fingerprint density at radius 3 is 2.79 bits per heavy atom. The fraction of sp³-hybridized carbons (Fsp3) is 0.353. The normalized spacial score (nSPS) is 11.8. The van der Waals surface area contributed by atoms with Crippen molar-refractivity contribution in [2.75, 3.05) is 13.2 Å². The average Bonchev–Trinajstić information content (AvgIpc) is 3.15. The van der Waals surface area contributed by atoms with Crippen molar-refractivity contribution in [2.24, 2.45) is 7.05 Å². The SMILES string of the molecule is Cc1nc(S(=O)(=O)NCCC(=O)OCCn2c(=O)oc3ccccc32)cn1C. The second kappa shape index (κ2) is 7.98. The summed E-state index contributed by atoms with van der Waals surface area (Å²) in [5.41, 5.74) is 1.07. The van der Waals surface area contributed by atoms with Gasteiger partial charge in [-0.2, -0.15) is 0 Å². The number of para-hydroxylation sites is 2. The van der Waals surface area contributed by atoms with Gasteiger partial charge in [-0.05, 0) is 19.1 Å². The van der Waals surface area contributed by atoms with Crippen LogP contribution in [0, 0.1) is 6.92 Å². The largest absolute Gasteiger partial charge is 0.464 e. The zero-order valence-corrected chi connectivity index (χ0v) is 16.2. The van der Waals surface area contributed by atoms with Gasteiger partial charge < -0.3 is 13.7 Å². The lowest BCUT2D eigenvalue weighted by Crippen LogP contribution is -2.27. The Labute approximate surface area is 160 Å². The third-order valence-electron chi connectivity index (χ3n) is 4.13. The first-order valence-corrected chi connectivity index (χ1v) is 10.00. The maximum absolute atomic E-state index is 12.1. The van der Waals surface area contributed by atoms with E-state index in [0.717, 1.165) is 0 Å². The summed E-state index contributed by atoms with van der Waals surface area (Å²) >= 11 is 0. The number of fused-ring (bicyclic) bond motifs is 1. The maximum atomic E-state index is 12.1. The van der Waals surface area contributed by atoms with Gasteiger partial charge in [0.05, 0.1) is 18.5 Å². The van der Waals surface area contributed by atoms with Crippen molar-refractivity contribution in [3.05, 3.63) is 46.8 Å². The molecule has 3 rings (SSSR count). The van der Waals surface area contributed by atoms with Gasteiger partial charge >= 0.3 is 11.7 Å². The summed E-state index contributed by atoms with van der Waals surface area (Å²) in [4.78, 5) is 27.6. The van der Waals surface area contributed by atoms with Crippen LogP contribution >= 0.6 is 0 Å². The van der Waals surface area contributed by atoms with E-state index in [0.29, 0.717) is 16.9 Å². The highest BCUT2D eigenvalue weighted by Gasteiger charge is 2.18. The van der Waals surface area contributed by atoms with Gasteiger partial charge in [0, 0.05) is 19.8 Å². The van der Waals surface area contributed by atoms with Crippen molar-refractivity contribution in [3.8, 4) is 0 Å².